The Morgan fingerprint density at radius 1 is 1.50 bits per heavy atom. The Balaban J connectivity index is 2.63. The van der Waals surface area contributed by atoms with E-state index in [1.54, 1.807) is 23.9 Å². The molecule has 88 valence electrons. The summed E-state index contributed by atoms with van der Waals surface area (Å²) in [6.07, 6.45) is 0. The normalized spacial score (nSPS) is 10.8. The van der Waals surface area contributed by atoms with E-state index in [0.717, 1.165) is 5.75 Å². The van der Waals surface area contributed by atoms with Crippen molar-refractivity contribution in [3.8, 4) is 0 Å². The fraction of sp³-hybridized carbons (Fsp3) is 0.417. The zero-order chi connectivity index (χ0) is 12.1. The van der Waals surface area contributed by atoms with Crippen LogP contribution in [0.5, 0.6) is 0 Å². The Bertz CT molecular complexity index is 379. The highest BCUT2D eigenvalue weighted by Gasteiger charge is 2.13. The number of halogens is 2. The highest BCUT2D eigenvalue weighted by atomic mass is 79.9. The van der Waals surface area contributed by atoms with Crippen molar-refractivity contribution in [3.63, 3.8) is 0 Å². The largest absolute Gasteiger partial charge is 0.293 e. The van der Waals surface area contributed by atoms with Gasteiger partial charge in [0, 0.05) is 0 Å². The van der Waals surface area contributed by atoms with Gasteiger partial charge in [0.05, 0.1) is 15.8 Å². The number of hydrogen-bond donors (Lipinski definition) is 0. The number of thioether (sulfide) groups is 1. The third-order valence-electron chi connectivity index (χ3n) is 1.94. The lowest BCUT2D eigenvalue weighted by Crippen LogP contribution is -2.07. The SMILES string of the molecule is CC(C)CSCC(=O)c1cccc(Br)c1F. The van der Waals surface area contributed by atoms with Crippen molar-refractivity contribution in [2.24, 2.45) is 5.92 Å². The van der Waals surface area contributed by atoms with Crippen LogP contribution in [0.4, 0.5) is 4.39 Å². The van der Waals surface area contributed by atoms with Crippen LogP contribution in [0.2, 0.25) is 0 Å². The average Bonchev–Trinajstić information content (AvgIpc) is 2.21. The van der Waals surface area contributed by atoms with Gasteiger partial charge in [0.2, 0.25) is 0 Å². The van der Waals surface area contributed by atoms with Gasteiger partial charge in [-0.2, -0.15) is 11.8 Å². The predicted molar refractivity (Wildman–Crippen MR) is 70.6 cm³/mol. The van der Waals surface area contributed by atoms with E-state index >= 15 is 0 Å². The molecule has 0 unspecified atom stereocenters. The molecule has 0 amide bonds. The van der Waals surface area contributed by atoms with E-state index in [4.69, 9.17) is 0 Å². The molecule has 1 nitrogen and oxygen atoms in total. The third kappa shape index (κ3) is 3.91. The maximum absolute atomic E-state index is 13.6. The van der Waals surface area contributed by atoms with Gasteiger partial charge >= 0.3 is 0 Å². The van der Waals surface area contributed by atoms with Gasteiger partial charge in [-0.1, -0.05) is 19.9 Å². The van der Waals surface area contributed by atoms with Crippen LogP contribution in [0.25, 0.3) is 0 Å². The van der Waals surface area contributed by atoms with E-state index in [9.17, 15) is 9.18 Å². The highest BCUT2D eigenvalue weighted by Crippen LogP contribution is 2.20. The lowest BCUT2D eigenvalue weighted by atomic mass is 10.1. The first kappa shape index (κ1) is 13.7. The Kier molecular flexibility index (Phi) is 5.49. The van der Waals surface area contributed by atoms with Crippen LogP contribution in [0, 0.1) is 11.7 Å². The first-order chi connectivity index (χ1) is 7.52. The molecular formula is C12H14BrFOS. The van der Waals surface area contributed by atoms with Crippen molar-refractivity contribution in [2.75, 3.05) is 11.5 Å². The topological polar surface area (TPSA) is 17.1 Å². The highest BCUT2D eigenvalue weighted by molar-refractivity contribution is 9.10. The Labute approximate surface area is 108 Å². The van der Waals surface area contributed by atoms with Crippen molar-refractivity contribution in [3.05, 3.63) is 34.1 Å². The molecule has 0 aliphatic heterocycles. The van der Waals surface area contributed by atoms with Crippen molar-refractivity contribution < 1.29 is 9.18 Å². The second-order valence-electron chi connectivity index (χ2n) is 3.93. The molecular weight excluding hydrogens is 291 g/mol. The van der Waals surface area contributed by atoms with Crippen LogP contribution in [-0.2, 0) is 0 Å². The monoisotopic (exact) mass is 304 g/mol. The quantitative estimate of drug-likeness (QED) is 0.760. The van der Waals surface area contributed by atoms with E-state index < -0.39 is 5.82 Å². The van der Waals surface area contributed by atoms with Gasteiger partial charge in [0.15, 0.2) is 5.78 Å². The van der Waals surface area contributed by atoms with Crippen molar-refractivity contribution in [2.45, 2.75) is 13.8 Å². The van der Waals surface area contributed by atoms with Crippen molar-refractivity contribution in [1.29, 1.82) is 0 Å². The van der Waals surface area contributed by atoms with E-state index in [0.29, 0.717) is 16.1 Å². The summed E-state index contributed by atoms with van der Waals surface area (Å²) in [6.45, 7) is 4.19. The molecule has 0 radical (unpaired) electrons. The van der Waals surface area contributed by atoms with E-state index in [-0.39, 0.29) is 11.3 Å². The summed E-state index contributed by atoms with van der Waals surface area (Å²) in [4.78, 5) is 11.7. The lowest BCUT2D eigenvalue weighted by molar-refractivity contribution is 0.101. The van der Waals surface area contributed by atoms with Crippen LogP contribution in [0.1, 0.15) is 24.2 Å². The number of rotatable bonds is 5. The van der Waals surface area contributed by atoms with Crippen LogP contribution in [-0.4, -0.2) is 17.3 Å². The minimum atomic E-state index is -0.461. The fourth-order valence-corrected chi connectivity index (χ4v) is 2.48. The van der Waals surface area contributed by atoms with E-state index in [1.165, 1.54) is 6.07 Å². The van der Waals surface area contributed by atoms with Crippen molar-refractivity contribution >= 4 is 33.5 Å². The summed E-state index contributed by atoms with van der Waals surface area (Å²) >= 11 is 4.62. The van der Waals surface area contributed by atoms with Crippen LogP contribution in [0.3, 0.4) is 0 Å². The maximum Gasteiger partial charge on any atom is 0.175 e. The molecule has 1 rings (SSSR count). The third-order valence-corrected chi connectivity index (χ3v) is 3.92. The number of carbonyl (C=O) groups excluding carboxylic acids is 1. The first-order valence-electron chi connectivity index (χ1n) is 5.07. The minimum Gasteiger partial charge on any atom is -0.293 e. The molecule has 0 aliphatic rings. The molecule has 1 aromatic carbocycles. The molecule has 0 fully saturated rings. The van der Waals surface area contributed by atoms with Gasteiger partial charge in [-0.3, -0.25) is 4.79 Å². The minimum absolute atomic E-state index is 0.149. The standard InChI is InChI=1S/C12H14BrFOS/c1-8(2)6-16-7-11(15)9-4-3-5-10(13)12(9)14/h3-5,8H,6-7H2,1-2H3. The molecule has 4 heteroatoms. The number of hydrogen-bond acceptors (Lipinski definition) is 2. The molecule has 0 aromatic heterocycles. The molecule has 16 heavy (non-hydrogen) atoms. The molecule has 0 aliphatic carbocycles. The average molecular weight is 305 g/mol. The molecule has 0 N–H and O–H groups in total. The maximum atomic E-state index is 13.6. The van der Waals surface area contributed by atoms with Crippen LogP contribution < -0.4 is 0 Å². The summed E-state index contributed by atoms with van der Waals surface area (Å²) in [7, 11) is 0. The summed E-state index contributed by atoms with van der Waals surface area (Å²) in [5.74, 6) is 1.19. The number of Topliss-reactive ketones (excluding diaryl/α,β-unsaturated/α-hetero) is 1. The lowest BCUT2D eigenvalue weighted by Gasteiger charge is -2.05. The van der Waals surface area contributed by atoms with Gasteiger partial charge in [0.25, 0.3) is 0 Å². The summed E-state index contributed by atoms with van der Waals surface area (Å²) in [5.41, 5.74) is 0.172. The zero-order valence-corrected chi connectivity index (χ0v) is 11.7. The second-order valence-corrected chi connectivity index (χ2v) is 5.82. The van der Waals surface area contributed by atoms with Gasteiger partial charge in [0.1, 0.15) is 5.82 Å². The molecule has 0 heterocycles. The smallest absolute Gasteiger partial charge is 0.175 e. The fourth-order valence-electron chi connectivity index (χ4n) is 1.18. The Morgan fingerprint density at radius 3 is 2.81 bits per heavy atom. The Hall–Kier alpha value is -0.350. The van der Waals surface area contributed by atoms with Crippen LogP contribution >= 0.6 is 27.7 Å². The summed E-state index contributed by atoms with van der Waals surface area (Å²) in [6, 6.07) is 4.79. The van der Waals surface area contributed by atoms with E-state index in [2.05, 4.69) is 29.8 Å². The predicted octanol–water partition coefficient (Wildman–Crippen LogP) is 4.16. The molecule has 0 bridgehead atoms. The molecule has 0 saturated carbocycles. The van der Waals surface area contributed by atoms with Gasteiger partial charge < -0.3 is 0 Å². The van der Waals surface area contributed by atoms with Gasteiger partial charge in [-0.25, -0.2) is 4.39 Å². The van der Waals surface area contributed by atoms with Crippen molar-refractivity contribution in [1.82, 2.24) is 0 Å². The van der Waals surface area contributed by atoms with Crippen LogP contribution in [0.15, 0.2) is 22.7 Å². The molecule has 0 atom stereocenters. The number of ketones is 1. The number of benzene rings is 1. The second kappa shape index (κ2) is 6.40. The molecule has 0 spiro atoms. The first-order valence-corrected chi connectivity index (χ1v) is 7.02. The zero-order valence-electron chi connectivity index (χ0n) is 9.30. The van der Waals surface area contributed by atoms with Gasteiger partial charge in [-0.05, 0) is 39.7 Å². The summed E-state index contributed by atoms with van der Waals surface area (Å²) < 4.78 is 13.9. The Morgan fingerprint density at radius 2 is 2.19 bits per heavy atom. The molecule has 1 aromatic rings. The van der Waals surface area contributed by atoms with Gasteiger partial charge in [-0.15, -0.1) is 0 Å². The van der Waals surface area contributed by atoms with E-state index in [1.807, 2.05) is 0 Å². The number of carbonyl (C=O) groups is 1. The molecule has 0 saturated heterocycles. The summed E-state index contributed by atoms with van der Waals surface area (Å²) in [5, 5.41) is 0.